The Morgan fingerprint density at radius 3 is 2.56 bits per heavy atom. The van der Waals surface area contributed by atoms with Crippen molar-refractivity contribution in [3.8, 4) is 0 Å². The first-order chi connectivity index (χ1) is 7.48. The second-order valence-electron chi connectivity index (χ2n) is 4.47. The molecule has 0 bridgehead atoms. The molecular formula is C10H17BrO5. The smallest absolute Gasteiger partial charge is 0.186 e. The van der Waals surface area contributed by atoms with Gasteiger partial charge in [0.25, 0.3) is 0 Å². The predicted molar refractivity (Wildman–Crippen MR) is 59.3 cm³/mol. The summed E-state index contributed by atoms with van der Waals surface area (Å²) in [5, 5.41) is 9.14. The van der Waals surface area contributed by atoms with Crippen LogP contribution in [0.5, 0.6) is 0 Å². The molecule has 0 aliphatic carbocycles. The average Bonchev–Trinajstić information content (AvgIpc) is 2.69. The molecule has 5 atom stereocenters. The van der Waals surface area contributed by atoms with Gasteiger partial charge in [-0.1, -0.05) is 15.9 Å². The van der Waals surface area contributed by atoms with Gasteiger partial charge in [0.05, 0.1) is 11.4 Å². The van der Waals surface area contributed by atoms with Gasteiger partial charge in [0, 0.05) is 7.11 Å². The van der Waals surface area contributed by atoms with Crippen LogP contribution >= 0.6 is 15.9 Å². The van der Waals surface area contributed by atoms with E-state index >= 15 is 0 Å². The van der Waals surface area contributed by atoms with Crippen molar-refractivity contribution in [2.45, 2.75) is 49.1 Å². The SMILES string of the molecule is CO[C@H]1O[C@@H]([C@@H](Br)CO)[C@@H]2OC(C)(C)O[C@H]12. The molecule has 0 aromatic heterocycles. The summed E-state index contributed by atoms with van der Waals surface area (Å²) >= 11 is 3.37. The van der Waals surface area contributed by atoms with Gasteiger partial charge in [0.2, 0.25) is 0 Å². The van der Waals surface area contributed by atoms with Crippen LogP contribution in [0.15, 0.2) is 0 Å². The number of alkyl halides is 1. The summed E-state index contributed by atoms with van der Waals surface area (Å²) in [6, 6.07) is 0. The van der Waals surface area contributed by atoms with Gasteiger partial charge in [-0.05, 0) is 13.8 Å². The minimum atomic E-state index is -0.629. The van der Waals surface area contributed by atoms with Crippen LogP contribution in [-0.2, 0) is 18.9 Å². The number of halogens is 1. The Morgan fingerprint density at radius 2 is 2.00 bits per heavy atom. The number of hydrogen-bond donors (Lipinski definition) is 1. The number of hydrogen-bond acceptors (Lipinski definition) is 5. The third-order valence-electron chi connectivity index (χ3n) is 2.81. The topological polar surface area (TPSA) is 57.2 Å². The van der Waals surface area contributed by atoms with Crippen LogP contribution in [0.3, 0.4) is 0 Å². The fourth-order valence-corrected chi connectivity index (χ4v) is 2.60. The maximum atomic E-state index is 9.14. The van der Waals surface area contributed by atoms with Crippen LogP contribution in [0.1, 0.15) is 13.8 Å². The second kappa shape index (κ2) is 4.51. The summed E-state index contributed by atoms with van der Waals surface area (Å²) in [4.78, 5) is -0.183. The molecule has 2 saturated heterocycles. The summed E-state index contributed by atoms with van der Waals surface area (Å²) in [6.45, 7) is 3.70. The summed E-state index contributed by atoms with van der Waals surface area (Å²) in [6.07, 6.45) is -1.15. The van der Waals surface area contributed by atoms with E-state index in [0.29, 0.717) is 0 Å². The number of fused-ring (bicyclic) bond motifs is 1. The second-order valence-corrected chi connectivity index (χ2v) is 5.64. The van der Waals surface area contributed by atoms with Gasteiger partial charge in [0.1, 0.15) is 18.3 Å². The third kappa shape index (κ3) is 2.14. The number of rotatable bonds is 3. The standard InChI is InChI=1S/C10H17BrO5/c1-10(2)15-7-6(5(11)4-12)14-9(13-3)8(7)16-10/h5-9,12H,4H2,1-3H3/t5-,6-,7-,8-,9-/m0/s1. The van der Waals surface area contributed by atoms with Gasteiger partial charge in [-0.2, -0.15) is 0 Å². The molecule has 5 nitrogen and oxygen atoms in total. The molecule has 0 aromatic rings. The molecule has 0 saturated carbocycles. The highest BCUT2D eigenvalue weighted by Gasteiger charge is 2.56. The molecule has 2 heterocycles. The van der Waals surface area contributed by atoms with E-state index in [1.165, 1.54) is 0 Å². The highest BCUT2D eigenvalue weighted by Crippen LogP contribution is 2.40. The molecule has 2 aliphatic heterocycles. The maximum Gasteiger partial charge on any atom is 0.186 e. The fourth-order valence-electron chi connectivity index (χ4n) is 2.18. The summed E-state index contributed by atoms with van der Waals surface area (Å²) in [7, 11) is 1.57. The van der Waals surface area contributed by atoms with E-state index in [1.807, 2.05) is 13.8 Å². The molecule has 0 radical (unpaired) electrons. The fraction of sp³-hybridized carbons (Fsp3) is 1.00. The molecule has 2 aliphatic rings. The van der Waals surface area contributed by atoms with Gasteiger partial charge in [0.15, 0.2) is 12.1 Å². The Hall–Kier alpha value is 0.280. The number of methoxy groups -OCH3 is 1. The van der Waals surface area contributed by atoms with Crippen molar-refractivity contribution in [1.82, 2.24) is 0 Å². The first-order valence-corrected chi connectivity index (χ1v) is 6.19. The van der Waals surface area contributed by atoms with Gasteiger partial charge in [-0.25, -0.2) is 0 Å². The molecule has 1 N–H and O–H groups in total. The highest BCUT2D eigenvalue weighted by molar-refractivity contribution is 9.09. The molecule has 0 spiro atoms. The molecule has 0 unspecified atom stereocenters. The van der Waals surface area contributed by atoms with Crippen molar-refractivity contribution in [2.24, 2.45) is 0 Å². The largest absolute Gasteiger partial charge is 0.395 e. The summed E-state index contributed by atoms with van der Waals surface area (Å²) < 4.78 is 22.4. The van der Waals surface area contributed by atoms with Crippen molar-refractivity contribution in [2.75, 3.05) is 13.7 Å². The minimum absolute atomic E-state index is 0.0197. The van der Waals surface area contributed by atoms with E-state index in [-0.39, 0.29) is 29.7 Å². The van der Waals surface area contributed by atoms with Gasteiger partial charge in [-0.3, -0.25) is 0 Å². The predicted octanol–water partition coefficient (Wildman–Crippen LogP) is 0.634. The molecule has 6 heteroatoms. The first-order valence-electron chi connectivity index (χ1n) is 5.27. The number of aliphatic hydroxyl groups is 1. The van der Waals surface area contributed by atoms with Crippen molar-refractivity contribution in [1.29, 1.82) is 0 Å². The van der Waals surface area contributed by atoms with Crippen molar-refractivity contribution >= 4 is 15.9 Å². The zero-order valence-corrected chi connectivity index (χ0v) is 11.1. The Balaban J connectivity index is 2.14. The number of aliphatic hydroxyl groups excluding tert-OH is 1. The number of ether oxygens (including phenoxy) is 4. The van der Waals surface area contributed by atoms with Crippen LogP contribution in [0.25, 0.3) is 0 Å². The zero-order valence-electron chi connectivity index (χ0n) is 9.55. The van der Waals surface area contributed by atoms with Gasteiger partial charge >= 0.3 is 0 Å². The van der Waals surface area contributed by atoms with Crippen LogP contribution in [0.2, 0.25) is 0 Å². The van der Waals surface area contributed by atoms with Crippen molar-refractivity contribution < 1.29 is 24.1 Å². The molecule has 16 heavy (non-hydrogen) atoms. The van der Waals surface area contributed by atoms with E-state index in [2.05, 4.69) is 15.9 Å². The van der Waals surface area contributed by atoms with Crippen LogP contribution in [0, 0.1) is 0 Å². The zero-order chi connectivity index (χ0) is 11.9. The summed E-state index contributed by atoms with van der Waals surface area (Å²) in [5.74, 6) is -0.629. The van der Waals surface area contributed by atoms with E-state index in [1.54, 1.807) is 7.11 Å². The van der Waals surface area contributed by atoms with Crippen molar-refractivity contribution in [3.05, 3.63) is 0 Å². The van der Waals surface area contributed by atoms with E-state index in [9.17, 15) is 0 Å². The first kappa shape index (κ1) is 12.7. The molecule has 2 rings (SSSR count). The summed E-state index contributed by atoms with van der Waals surface area (Å²) in [5.41, 5.74) is 0. The Morgan fingerprint density at radius 1 is 1.38 bits per heavy atom. The monoisotopic (exact) mass is 296 g/mol. The molecule has 94 valence electrons. The average molecular weight is 297 g/mol. The Labute approximate surface area is 103 Å². The van der Waals surface area contributed by atoms with E-state index in [0.717, 1.165) is 0 Å². The Bertz CT molecular complexity index is 260. The van der Waals surface area contributed by atoms with Crippen LogP contribution in [-0.4, -0.2) is 54.0 Å². The lowest BCUT2D eigenvalue weighted by Gasteiger charge is -2.25. The maximum absolute atomic E-state index is 9.14. The highest BCUT2D eigenvalue weighted by atomic mass is 79.9. The lowest BCUT2D eigenvalue weighted by molar-refractivity contribution is -0.227. The normalized spacial score (nSPS) is 43.3. The van der Waals surface area contributed by atoms with Crippen molar-refractivity contribution in [3.63, 3.8) is 0 Å². The minimum Gasteiger partial charge on any atom is -0.395 e. The van der Waals surface area contributed by atoms with Crippen LogP contribution in [0.4, 0.5) is 0 Å². The Kier molecular flexibility index (Phi) is 3.59. The molecule has 0 amide bonds. The molecular weight excluding hydrogens is 280 g/mol. The van der Waals surface area contributed by atoms with Gasteiger partial charge in [-0.15, -0.1) is 0 Å². The quantitative estimate of drug-likeness (QED) is 0.775. The van der Waals surface area contributed by atoms with E-state index < -0.39 is 12.1 Å². The lowest BCUT2D eigenvalue weighted by atomic mass is 10.1. The van der Waals surface area contributed by atoms with Crippen LogP contribution < -0.4 is 0 Å². The molecule has 0 aromatic carbocycles. The van der Waals surface area contributed by atoms with Gasteiger partial charge < -0.3 is 24.1 Å². The lowest BCUT2D eigenvalue weighted by Crippen LogP contribution is -2.37. The molecule has 2 fully saturated rings. The third-order valence-corrected chi connectivity index (χ3v) is 3.62. The van der Waals surface area contributed by atoms with E-state index in [4.69, 9.17) is 24.1 Å².